The highest BCUT2D eigenvalue weighted by Crippen LogP contribution is 2.13. The van der Waals surface area contributed by atoms with E-state index >= 15 is 0 Å². The van der Waals surface area contributed by atoms with Gasteiger partial charge in [0.25, 0.3) is 0 Å². The quantitative estimate of drug-likeness (QED) is 0.760. The molecule has 2 atom stereocenters. The summed E-state index contributed by atoms with van der Waals surface area (Å²) in [5.74, 6) is 1.39. The molecule has 2 N–H and O–H groups in total. The van der Waals surface area contributed by atoms with Crippen LogP contribution in [0.25, 0.3) is 0 Å². The van der Waals surface area contributed by atoms with Gasteiger partial charge in [-0.25, -0.2) is 0 Å². The van der Waals surface area contributed by atoms with E-state index in [9.17, 15) is 4.79 Å². The number of nitrogens with one attached hydrogen (secondary N) is 2. The molecule has 0 fully saturated rings. The number of hydrogen-bond acceptors (Lipinski definition) is 3. The van der Waals surface area contributed by atoms with E-state index in [1.54, 1.807) is 6.26 Å². The minimum Gasteiger partial charge on any atom is -0.467 e. The zero-order valence-electron chi connectivity index (χ0n) is 12.4. The SMILES string of the molecule is CCC(CC)C(C)NC(C)C(=O)NCc1ccco1. The van der Waals surface area contributed by atoms with Crippen molar-refractivity contribution in [2.75, 3.05) is 0 Å². The number of rotatable bonds is 8. The highest BCUT2D eigenvalue weighted by molar-refractivity contribution is 5.81. The first kappa shape index (κ1) is 15.8. The van der Waals surface area contributed by atoms with Gasteiger partial charge >= 0.3 is 0 Å². The van der Waals surface area contributed by atoms with Gasteiger partial charge in [0.15, 0.2) is 0 Å². The van der Waals surface area contributed by atoms with Crippen molar-refractivity contribution < 1.29 is 9.21 Å². The largest absolute Gasteiger partial charge is 0.467 e. The third kappa shape index (κ3) is 5.07. The third-order valence-electron chi connectivity index (χ3n) is 3.68. The Morgan fingerprint density at radius 1 is 1.32 bits per heavy atom. The Bertz CT molecular complexity index is 358. The van der Waals surface area contributed by atoms with Crippen molar-refractivity contribution in [2.24, 2.45) is 5.92 Å². The molecule has 1 aromatic heterocycles. The molecule has 2 unspecified atom stereocenters. The summed E-state index contributed by atoms with van der Waals surface area (Å²) in [6.45, 7) is 8.86. The summed E-state index contributed by atoms with van der Waals surface area (Å²) >= 11 is 0. The summed E-state index contributed by atoms with van der Waals surface area (Å²) in [5, 5.41) is 6.24. The second-order valence-electron chi connectivity index (χ2n) is 5.05. The molecule has 108 valence electrons. The van der Waals surface area contributed by atoms with Gasteiger partial charge in [-0.2, -0.15) is 0 Å². The van der Waals surface area contributed by atoms with Crippen LogP contribution in [0.4, 0.5) is 0 Å². The number of amides is 1. The Morgan fingerprint density at radius 2 is 2.00 bits per heavy atom. The molecular weight excluding hydrogens is 240 g/mol. The second kappa shape index (κ2) is 8.00. The summed E-state index contributed by atoms with van der Waals surface area (Å²) in [5.41, 5.74) is 0. The minimum atomic E-state index is -0.189. The maximum Gasteiger partial charge on any atom is 0.237 e. The van der Waals surface area contributed by atoms with E-state index in [0.29, 0.717) is 18.5 Å². The lowest BCUT2D eigenvalue weighted by Crippen LogP contribution is -2.47. The third-order valence-corrected chi connectivity index (χ3v) is 3.68. The van der Waals surface area contributed by atoms with Gasteiger partial charge in [-0.1, -0.05) is 26.7 Å². The highest BCUT2D eigenvalue weighted by Gasteiger charge is 2.19. The molecule has 4 nitrogen and oxygen atoms in total. The minimum absolute atomic E-state index is 0.00852. The Hall–Kier alpha value is -1.29. The topological polar surface area (TPSA) is 54.3 Å². The van der Waals surface area contributed by atoms with Crippen LogP contribution in [-0.2, 0) is 11.3 Å². The standard InChI is InChI=1S/C15H26N2O2/c1-5-13(6-2)11(3)17-12(4)15(18)16-10-14-8-7-9-19-14/h7-9,11-13,17H,5-6,10H2,1-4H3,(H,16,18). The van der Waals surface area contributed by atoms with Crippen molar-refractivity contribution in [2.45, 2.75) is 59.2 Å². The van der Waals surface area contributed by atoms with Crippen molar-refractivity contribution in [3.05, 3.63) is 24.2 Å². The number of hydrogen-bond donors (Lipinski definition) is 2. The van der Waals surface area contributed by atoms with Crippen molar-refractivity contribution in [1.82, 2.24) is 10.6 Å². The Kier molecular flexibility index (Phi) is 6.64. The Morgan fingerprint density at radius 3 is 2.53 bits per heavy atom. The molecule has 4 heteroatoms. The fraction of sp³-hybridized carbons (Fsp3) is 0.667. The van der Waals surface area contributed by atoms with Gasteiger partial charge in [-0.05, 0) is 31.9 Å². The van der Waals surface area contributed by atoms with Crippen molar-refractivity contribution in [3.8, 4) is 0 Å². The van der Waals surface area contributed by atoms with Crippen LogP contribution in [0.2, 0.25) is 0 Å². The smallest absolute Gasteiger partial charge is 0.237 e. The summed E-state index contributed by atoms with van der Waals surface area (Å²) in [6.07, 6.45) is 3.87. The molecule has 0 aliphatic rings. The lowest BCUT2D eigenvalue weighted by atomic mass is 9.95. The second-order valence-corrected chi connectivity index (χ2v) is 5.05. The van der Waals surface area contributed by atoms with E-state index in [2.05, 4.69) is 31.4 Å². The van der Waals surface area contributed by atoms with E-state index in [4.69, 9.17) is 4.42 Å². The van der Waals surface area contributed by atoms with Gasteiger partial charge in [-0.3, -0.25) is 4.79 Å². The molecule has 0 saturated carbocycles. The molecule has 1 rings (SSSR count). The normalized spacial score (nSPS) is 14.4. The predicted octanol–water partition coefficient (Wildman–Crippen LogP) is 2.70. The van der Waals surface area contributed by atoms with Gasteiger partial charge in [0.2, 0.25) is 5.91 Å². The Labute approximate surface area is 116 Å². The van der Waals surface area contributed by atoms with Gasteiger partial charge in [0.1, 0.15) is 5.76 Å². The first-order chi connectivity index (χ1) is 9.08. The fourth-order valence-electron chi connectivity index (χ4n) is 2.34. The van der Waals surface area contributed by atoms with Crippen molar-refractivity contribution in [1.29, 1.82) is 0 Å². The van der Waals surface area contributed by atoms with Gasteiger partial charge in [-0.15, -0.1) is 0 Å². The van der Waals surface area contributed by atoms with Gasteiger partial charge in [0, 0.05) is 6.04 Å². The molecule has 0 aliphatic heterocycles. The maximum atomic E-state index is 12.0. The lowest BCUT2D eigenvalue weighted by Gasteiger charge is -2.25. The zero-order valence-corrected chi connectivity index (χ0v) is 12.4. The monoisotopic (exact) mass is 266 g/mol. The number of carbonyl (C=O) groups excluding carboxylic acids is 1. The molecular formula is C15H26N2O2. The van der Waals surface area contributed by atoms with Crippen LogP contribution in [0.15, 0.2) is 22.8 Å². The maximum absolute atomic E-state index is 12.0. The average Bonchev–Trinajstić information content (AvgIpc) is 2.90. The predicted molar refractivity (Wildman–Crippen MR) is 76.7 cm³/mol. The first-order valence-electron chi connectivity index (χ1n) is 7.14. The molecule has 0 aliphatic carbocycles. The summed E-state index contributed by atoms with van der Waals surface area (Å²) in [4.78, 5) is 12.0. The van der Waals surface area contributed by atoms with Crippen LogP contribution in [0.3, 0.4) is 0 Å². The molecule has 0 saturated heterocycles. The summed E-state index contributed by atoms with van der Waals surface area (Å²) < 4.78 is 5.18. The van der Waals surface area contributed by atoms with Crippen LogP contribution in [0.5, 0.6) is 0 Å². The van der Waals surface area contributed by atoms with E-state index < -0.39 is 0 Å². The highest BCUT2D eigenvalue weighted by atomic mass is 16.3. The van der Waals surface area contributed by atoms with Crippen molar-refractivity contribution in [3.63, 3.8) is 0 Å². The summed E-state index contributed by atoms with van der Waals surface area (Å²) in [6, 6.07) is 3.83. The molecule has 0 aromatic carbocycles. The fourth-order valence-corrected chi connectivity index (χ4v) is 2.34. The van der Waals surface area contributed by atoms with Crippen molar-refractivity contribution >= 4 is 5.91 Å². The molecule has 0 radical (unpaired) electrons. The van der Waals surface area contributed by atoms with Crippen LogP contribution in [0.1, 0.15) is 46.3 Å². The summed E-state index contributed by atoms with van der Waals surface area (Å²) in [7, 11) is 0. The average molecular weight is 266 g/mol. The van der Waals surface area contributed by atoms with E-state index in [-0.39, 0.29) is 11.9 Å². The molecule has 0 bridgehead atoms. The molecule has 1 amide bonds. The van der Waals surface area contributed by atoms with Crippen LogP contribution in [-0.4, -0.2) is 18.0 Å². The number of furan rings is 1. The van der Waals surface area contributed by atoms with Crippen LogP contribution in [0, 0.1) is 5.92 Å². The van der Waals surface area contributed by atoms with Crippen LogP contribution < -0.4 is 10.6 Å². The van der Waals surface area contributed by atoms with Crippen LogP contribution >= 0.6 is 0 Å². The van der Waals surface area contributed by atoms with E-state index in [1.807, 2.05) is 19.1 Å². The van der Waals surface area contributed by atoms with E-state index in [0.717, 1.165) is 18.6 Å². The first-order valence-corrected chi connectivity index (χ1v) is 7.14. The molecule has 1 heterocycles. The van der Waals surface area contributed by atoms with Gasteiger partial charge in [0.05, 0.1) is 18.8 Å². The van der Waals surface area contributed by atoms with Gasteiger partial charge < -0.3 is 15.1 Å². The molecule has 1 aromatic rings. The molecule has 19 heavy (non-hydrogen) atoms. The van der Waals surface area contributed by atoms with E-state index in [1.165, 1.54) is 0 Å². The Balaban J connectivity index is 2.35. The lowest BCUT2D eigenvalue weighted by molar-refractivity contribution is -0.123. The zero-order chi connectivity index (χ0) is 14.3. The number of carbonyl (C=O) groups is 1. The molecule has 0 spiro atoms.